The first kappa shape index (κ1) is 32.6. The topological polar surface area (TPSA) is 98.0 Å². The van der Waals surface area contributed by atoms with Crippen molar-refractivity contribution >= 4 is 45.9 Å². The maximum absolute atomic E-state index is 14.6. The first-order chi connectivity index (χ1) is 22.7. The SMILES string of the molecule is COc1ccc(C(=O)N2CCC(C(=O)N[C@H](Cc3c[nH]c4ccccc34)C(=O)N3C[C@H](CN(C)C)Cc4cc(Cl)ccc43)CC2)cc1. The Morgan fingerprint density at radius 2 is 1.79 bits per heavy atom. The van der Waals surface area contributed by atoms with Crippen LogP contribution in [0.5, 0.6) is 5.75 Å². The molecule has 0 unspecified atom stereocenters. The Kier molecular flexibility index (Phi) is 9.84. The van der Waals surface area contributed by atoms with Gasteiger partial charge in [0.1, 0.15) is 11.8 Å². The van der Waals surface area contributed by atoms with Gasteiger partial charge in [0.15, 0.2) is 0 Å². The van der Waals surface area contributed by atoms with Crippen LogP contribution < -0.4 is 15.0 Å². The van der Waals surface area contributed by atoms with E-state index in [1.54, 1.807) is 36.3 Å². The number of aromatic amines is 1. The molecule has 2 atom stereocenters. The van der Waals surface area contributed by atoms with Gasteiger partial charge in [0, 0.05) is 71.9 Å². The zero-order valence-electron chi connectivity index (χ0n) is 27.2. The van der Waals surface area contributed by atoms with Gasteiger partial charge < -0.3 is 29.7 Å². The zero-order chi connectivity index (χ0) is 33.1. The molecule has 1 saturated heterocycles. The monoisotopic (exact) mass is 655 g/mol. The van der Waals surface area contributed by atoms with Crippen LogP contribution in [-0.2, 0) is 22.4 Å². The average Bonchev–Trinajstić information content (AvgIpc) is 3.49. The van der Waals surface area contributed by atoms with Gasteiger partial charge in [-0.2, -0.15) is 0 Å². The number of fused-ring (bicyclic) bond motifs is 2. The number of carbonyl (C=O) groups is 3. The number of rotatable bonds is 9. The van der Waals surface area contributed by atoms with Crippen molar-refractivity contribution in [2.45, 2.75) is 31.7 Å². The van der Waals surface area contributed by atoms with Gasteiger partial charge in [-0.3, -0.25) is 14.4 Å². The number of ether oxygens (including phenoxy) is 1. The number of piperidine rings is 1. The second kappa shape index (κ2) is 14.2. The Morgan fingerprint density at radius 3 is 2.51 bits per heavy atom. The van der Waals surface area contributed by atoms with Gasteiger partial charge in [-0.05, 0) is 98.9 Å². The number of hydrogen-bond acceptors (Lipinski definition) is 5. The van der Waals surface area contributed by atoms with Gasteiger partial charge in [0.2, 0.25) is 11.8 Å². The fraction of sp³-hybridized carbons (Fsp3) is 0.378. The number of hydrogen-bond donors (Lipinski definition) is 2. The molecule has 0 saturated carbocycles. The van der Waals surface area contributed by atoms with Gasteiger partial charge in [0.05, 0.1) is 7.11 Å². The Labute approximate surface area is 280 Å². The van der Waals surface area contributed by atoms with Crippen molar-refractivity contribution in [3.8, 4) is 5.75 Å². The minimum atomic E-state index is -0.776. The third-order valence-electron chi connectivity index (χ3n) is 9.37. The third-order valence-corrected chi connectivity index (χ3v) is 9.61. The van der Waals surface area contributed by atoms with Crippen LogP contribution in [0.1, 0.15) is 34.3 Å². The molecule has 0 aliphatic carbocycles. The molecule has 1 aromatic heterocycles. The van der Waals surface area contributed by atoms with Crippen LogP contribution in [0.3, 0.4) is 0 Å². The number of aromatic nitrogens is 1. The summed E-state index contributed by atoms with van der Waals surface area (Å²) in [6, 6.07) is 20.0. The predicted octanol–water partition coefficient (Wildman–Crippen LogP) is 5.18. The normalized spacial score (nSPS) is 17.4. The van der Waals surface area contributed by atoms with Crippen molar-refractivity contribution in [1.82, 2.24) is 20.1 Å². The Hall–Kier alpha value is -4.34. The van der Waals surface area contributed by atoms with E-state index in [0.29, 0.717) is 55.2 Å². The van der Waals surface area contributed by atoms with Gasteiger partial charge in [0.25, 0.3) is 5.91 Å². The summed E-state index contributed by atoms with van der Waals surface area (Å²) in [5.74, 6) is 0.258. The van der Waals surface area contributed by atoms with Crippen LogP contribution in [0.4, 0.5) is 5.69 Å². The number of H-pyrrole nitrogens is 1. The lowest BCUT2D eigenvalue weighted by Gasteiger charge is -2.38. The van der Waals surface area contributed by atoms with E-state index in [-0.39, 0.29) is 29.6 Å². The van der Waals surface area contributed by atoms with Gasteiger partial charge in [-0.15, -0.1) is 0 Å². The molecule has 0 bridgehead atoms. The molecule has 9 nitrogen and oxygen atoms in total. The highest BCUT2D eigenvalue weighted by atomic mass is 35.5. The number of carbonyl (C=O) groups excluding carboxylic acids is 3. The Morgan fingerprint density at radius 1 is 1.04 bits per heavy atom. The van der Waals surface area contributed by atoms with E-state index in [2.05, 4.69) is 15.2 Å². The average molecular weight is 656 g/mol. The van der Waals surface area contributed by atoms with Crippen LogP contribution in [0.25, 0.3) is 10.9 Å². The maximum Gasteiger partial charge on any atom is 0.253 e. The van der Waals surface area contributed by atoms with E-state index >= 15 is 0 Å². The number of halogens is 1. The van der Waals surface area contributed by atoms with Crippen molar-refractivity contribution in [2.75, 3.05) is 52.3 Å². The molecule has 246 valence electrons. The molecule has 3 amide bonds. The molecule has 1 fully saturated rings. The quantitative estimate of drug-likeness (QED) is 0.259. The number of para-hydroxylation sites is 1. The smallest absolute Gasteiger partial charge is 0.253 e. The molecule has 2 aliphatic heterocycles. The fourth-order valence-corrected chi connectivity index (χ4v) is 7.21. The summed E-state index contributed by atoms with van der Waals surface area (Å²) in [5.41, 5.74) is 4.43. The molecule has 0 radical (unpaired) electrons. The second-order valence-corrected chi connectivity index (χ2v) is 13.4. The molecule has 0 spiro atoms. The van der Waals surface area contributed by atoms with Gasteiger partial charge >= 0.3 is 0 Å². The number of nitrogens with zero attached hydrogens (tertiary/aromatic N) is 3. The van der Waals surface area contributed by atoms with Gasteiger partial charge in [-0.1, -0.05) is 29.8 Å². The van der Waals surface area contributed by atoms with E-state index in [4.69, 9.17) is 16.3 Å². The summed E-state index contributed by atoms with van der Waals surface area (Å²) in [6.07, 6.45) is 4.15. The summed E-state index contributed by atoms with van der Waals surface area (Å²) in [5, 5.41) is 4.84. The van der Waals surface area contributed by atoms with Crippen LogP contribution >= 0.6 is 11.6 Å². The second-order valence-electron chi connectivity index (χ2n) is 13.0. The van der Waals surface area contributed by atoms with Gasteiger partial charge in [-0.25, -0.2) is 0 Å². The van der Waals surface area contributed by atoms with Crippen molar-refractivity contribution in [3.05, 3.63) is 94.6 Å². The molecule has 47 heavy (non-hydrogen) atoms. The van der Waals surface area contributed by atoms with E-state index in [0.717, 1.165) is 40.7 Å². The van der Waals surface area contributed by atoms with Crippen molar-refractivity contribution in [1.29, 1.82) is 0 Å². The predicted molar refractivity (Wildman–Crippen MR) is 185 cm³/mol. The summed E-state index contributed by atoms with van der Waals surface area (Å²) in [7, 11) is 5.67. The first-order valence-corrected chi connectivity index (χ1v) is 16.6. The summed E-state index contributed by atoms with van der Waals surface area (Å²) in [6.45, 7) is 2.31. The number of methoxy groups -OCH3 is 1. The molecular formula is C37H42ClN5O4. The molecule has 2 N–H and O–H groups in total. The summed E-state index contributed by atoms with van der Waals surface area (Å²) < 4.78 is 5.21. The minimum absolute atomic E-state index is 0.0601. The van der Waals surface area contributed by atoms with Crippen molar-refractivity contribution < 1.29 is 19.1 Å². The van der Waals surface area contributed by atoms with E-state index in [9.17, 15) is 14.4 Å². The van der Waals surface area contributed by atoms with Crippen LogP contribution in [0, 0.1) is 11.8 Å². The lowest BCUT2D eigenvalue weighted by atomic mass is 9.90. The maximum atomic E-state index is 14.6. The van der Waals surface area contributed by atoms with E-state index in [1.165, 1.54) is 0 Å². The molecule has 4 aromatic rings. The minimum Gasteiger partial charge on any atom is -0.497 e. The largest absolute Gasteiger partial charge is 0.497 e. The van der Waals surface area contributed by atoms with Crippen LogP contribution in [0.2, 0.25) is 5.02 Å². The van der Waals surface area contributed by atoms with Crippen LogP contribution in [0.15, 0.2) is 72.9 Å². The number of anilines is 1. The first-order valence-electron chi connectivity index (χ1n) is 16.2. The lowest BCUT2D eigenvalue weighted by molar-refractivity contribution is -0.131. The lowest BCUT2D eigenvalue weighted by Crippen LogP contribution is -2.54. The third kappa shape index (κ3) is 7.31. The fourth-order valence-electron chi connectivity index (χ4n) is 7.02. The highest BCUT2D eigenvalue weighted by Crippen LogP contribution is 2.33. The molecule has 2 aliphatic rings. The molecule has 3 heterocycles. The zero-order valence-corrected chi connectivity index (χ0v) is 27.9. The van der Waals surface area contributed by atoms with Crippen LogP contribution in [-0.4, -0.2) is 85.9 Å². The highest BCUT2D eigenvalue weighted by molar-refractivity contribution is 6.30. The number of nitrogens with one attached hydrogen (secondary N) is 2. The Balaban J connectivity index is 1.21. The highest BCUT2D eigenvalue weighted by Gasteiger charge is 2.36. The molecule has 10 heteroatoms. The molecule has 3 aromatic carbocycles. The summed E-state index contributed by atoms with van der Waals surface area (Å²) in [4.78, 5) is 50.7. The standard InChI is InChI=1S/C37H42ClN5O4/c1-41(2)22-24-18-27-19-29(38)10-13-34(27)43(23-24)37(46)33(20-28-21-39-32-7-5-4-6-31(28)32)40-35(44)25-14-16-42(17-15-25)36(45)26-8-11-30(47-3)12-9-26/h4-13,19,21,24-25,33,39H,14-18,20,22-23H2,1-3H3,(H,40,44)/t24-,33+/m0/s1. The number of likely N-dealkylation sites (tertiary alicyclic amines) is 1. The summed E-state index contributed by atoms with van der Waals surface area (Å²) >= 11 is 6.40. The van der Waals surface area contributed by atoms with Crippen molar-refractivity contribution in [2.24, 2.45) is 11.8 Å². The Bertz CT molecular complexity index is 1750. The number of amides is 3. The number of benzene rings is 3. The van der Waals surface area contributed by atoms with E-state index < -0.39 is 6.04 Å². The molecule has 6 rings (SSSR count). The molecular weight excluding hydrogens is 614 g/mol. The van der Waals surface area contributed by atoms with E-state index in [1.807, 2.05) is 67.7 Å². The van der Waals surface area contributed by atoms with Crippen molar-refractivity contribution in [3.63, 3.8) is 0 Å².